The maximum atomic E-state index is 5.99. The number of likely N-dealkylation sites (N-methyl/N-ethyl adjacent to an activating group) is 1. The number of fused-ring (bicyclic) bond motifs is 1. The minimum atomic E-state index is 0.495. The summed E-state index contributed by atoms with van der Waals surface area (Å²) in [5.41, 5.74) is 2.34. The SMILES string of the molecule is CCN(C)C(CCc1ccc2nc(Cl)sc2c1)Cn1ccnc1. The second-order valence-corrected chi connectivity index (χ2v) is 7.41. The van der Waals surface area contributed by atoms with E-state index >= 15 is 0 Å². The molecule has 0 fully saturated rings. The first kappa shape index (κ1) is 16.4. The van der Waals surface area contributed by atoms with Gasteiger partial charge in [-0.3, -0.25) is 0 Å². The number of thiazole rings is 1. The zero-order valence-corrected chi connectivity index (χ0v) is 15.0. The second-order valence-electron chi connectivity index (χ2n) is 5.79. The molecule has 0 saturated heterocycles. The van der Waals surface area contributed by atoms with Crippen molar-refractivity contribution in [3.05, 3.63) is 47.0 Å². The molecule has 1 unspecified atom stereocenters. The van der Waals surface area contributed by atoms with Gasteiger partial charge in [-0.25, -0.2) is 9.97 Å². The summed E-state index contributed by atoms with van der Waals surface area (Å²) >= 11 is 7.54. The molecular weight excluding hydrogens is 328 g/mol. The number of rotatable bonds is 7. The number of hydrogen-bond donors (Lipinski definition) is 0. The summed E-state index contributed by atoms with van der Waals surface area (Å²) < 4.78 is 3.94. The first-order valence-electron chi connectivity index (χ1n) is 7.86. The highest BCUT2D eigenvalue weighted by Gasteiger charge is 2.14. The molecule has 1 aromatic carbocycles. The average Bonchev–Trinajstić information content (AvgIpc) is 3.18. The summed E-state index contributed by atoms with van der Waals surface area (Å²) in [6.45, 7) is 4.22. The molecule has 3 rings (SSSR count). The lowest BCUT2D eigenvalue weighted by Gasteiger charge is -2.27. The Hall–Kier alpha value is -1.43. The number of imidazole rings is 1. The quantitative estimate of drug-likeness (QED) is 0.644. The van der Waals surface area contributed by atoms with Crippen LogP contribution in [0, 0.1) is 0 Å². The van der Waals surface area contributed by atoms with Gasteiger partial charge in [0, 0.05) is 25.0 Å². The standard InChI is InChI=1S/C17H21ClN4S/c1-3-21(2)14(11-22-9-8-19-12-22)6-4-13-5-7-15-16(10-13)23-17(18)20-15/h5,7-10,12,14H,3-4,6,11H2,1-2H3. The third-order valence-corrected chi connectivity index (χ3v) is 5.42. The number of nitrogens with zero attached hydrogens (tertiary/aromatic N) is 4. The van der Waals surface area contributed by atoms with Crippen LogP contribution < -0.4 is 0 Å². The van der Waals surface area contributed by atoms with E-state index in [1.54, 1.807) is 11.3 Å². The van der Waals surface area contributed by atoms with E-state index in [1.807, 2.05) is 18.7 Å². The van der Waals surface area contributed by atoms with E-state index in [1.165, 1.54) is 10.3 Å². The highest BCUT2D eigenvalue weighted by Crippen LogP contribution is 2.27. The van der Waals surface area contributed by atoms with Crippen LogP contribution in [0.2, 0.25) is 4.47 Å². The van der Waals surface area contributed by atoms with Crippen molar-refractivity contribution in [3.63, 3.8) is 0 Å². The molecule has 0 saturated carbocycles. The zero-order valence-electron chi connectivity index (χ0n) is 13.4. The molecule has 122 valence electrons. The van der Waals surface area contributed by atoms with E-state index in [9.17, 15) is 0 Å². The molecule has 4 nitrogen and oxygen atoms in total. The van der Waals surface area contributed by atoms with Crippen LogP contribution >= 0.6 is 22.9 Å². The Labute approximate surface area is 145 Å². The molecule has 6 heteroatoms. The molecule has 0 aliphatic carbocycles. The lowest BCUT2D eigenvalue weighted by atomic mass is 10.0. The Bertz CT molecular complexity index is 753. The Morgan fingerprint density at radius 1 is 1.39 bits per heavy atom. The predicted molar refractivity (Wildman–Crippen MR) is 97.3 cm³/mol. The van der Waals surface area contributed by atoms with Gasteiger partial charge in [0.15, 0.2) is 4.47 Å². The summed E-state index contributed by atoms with van der Waals surface area (Å²) in [4.78, 5) is 10.9. The number of hydrogen-bond acceptors (Lipinski definition) is 4. The van der Waals surface area contributed by atoms with E-state index in [0.29, 0.717) is 10.5 Å². The van der Waals surface area contributed by atoms with Crippen LogP contribution in [0.15, 0.2) is 36.9 Å². The second kappa shape index (κ2) is 7.43. The average molecular weight is 349 g/mol. The number of benzene rings is 1. The number of halogens is 1. The first-order chi connectivity index (χ1) is 11.2. The van der Waals surface area contributed by atoms with Crippen molar-refractivity contribution in [1.82, 2.24) is 19.4 Å². The normalized spacial score (nSPS) is 13.0. The summed E-state index contributed by atoms with van der Waals surface area (Å²) in [5, 5.41) is 0. The molecule has 3 aromatic rings. The Morgan fingerprint density at radius 3 is 3.00 bits per heavy atom. The van der Waals surface area contributed by atoms with Gasteiger partial charge >= 0.3 is 0 Å². The Morgan fingerprint density at radius 2 is 2.26 bits per heavy atom. The van der Waals surface area contributed by atoms with Crippen LogP contribution in [0.25, 0.3) is 10.2 Å². The van der Waals surface area contributed by atoms with Crippen molar-refractivity contribution < 1.29 is 0 Å². The van der Waals surface area contributed by atoms with Crippen LogP contribution in [0.5, 0.6) is 0 Å². The van der Waals surface area contributed by atoms with Gasteiger partial charge in [-0.05, 0) is 44.1 Å². The van der Waals surface area contributed by atoms with Gasteiger partial charge in [0.25, 0.3) is 0 Å². The Kier molecular flexibility index (Phi) is 5.30. The maximum Gasteiger partial charge on any atom is 0.184 e. The highest BCUT2D eigenvalue weighted by molar-refractivity contribution is 7.22. The van der Waals surface area contributed by atoms with Crippen LogP contribution in [0.3, 0.4) is 0 Å². The van der Waals surface area contributed by atoms with Gasteiger partial charge in [0.2, 0.25) is 0 Å². The van der Waals surface area contributed by atoms with E-state index in [2.05, 4.69) is 51.6 Å². The lowest BCUT2D eigenvalue weighted by molar-refractivity contribution is 0.218. The minimum Gasteiger partial charge on any atom is -0.336 e. The molecule has 2 heterocycles. The summed E-state index contributed by atoms with van der Waals surface area (Å²) in [6.07, 6.45) is 7.92. The van der Waals surface area contributed by atoms with Gasteiger partial charge in [0.1, 0.15) is 0 Å². The van der Waals surface area contributed by atoms with Crippen molar-refractivity contribution in [3.8, 4) is 0 Å². The molecule has 0 N–H and O–H groups in total. The number of aromatic nitrogens is 3. The molecular formula is C17H21ClN4S. The monoisotopic (exact) mass is 348 g/mol. The minimum absolute atomic E-state index is 0.495. The van der Waals surface area contributed by atoms with Crippen molar-refractivity contribution >= 4 is 33.2 Å². The van der Waals surface area contributed by atoms with E-state index in [4.69, 9.17) is 11.6 Å². The molecule has 0 aliphatic rings. The van der Waals surface area contributed by atoms with Gasteiger partial charge in [-0.1, -0.05) is 24.6 Å². The molecule has 23 heavy (non-hydrogen) atoms. The first-order valence-corrected chi connectivity index (χ1v) is 9.06. The molecule has 0 spiro atoms. The smallest absolute Gasteiger partial charge is 0.184 e. The van der Waals surface area contributed by atoms with E-state index < -0.39 is 0 Å². The molecule has 1 atom stereocenters. The molecule has 0 aliphatic heterocycles. The van der Waals surface area contributed by atoms with E-state index in [0.717, 1.165) is 31.4 Å². The fraction of sp³-hybridized carbons (Fsp3) is 0.412. The molecule has 0 amide bonds. The van der Waals surface area contributed by atoms with Gasteiger partial charge in [-0.15, -0.1) is 11.3 Å². The van der Waals surface area contributed by atoms with Crippen molar-refractivity contribution in [2.45, 2.75) is 32.4 Å². The molecule has 0 bridgehead atoms. The third-order valence-electron chi connectivity index (χ3n) is 4.30. The van der Waals surface area contributed by atoms with E-state index in [-0.39, 0.29) is 0 Å². The Balaban J connectivity index is 1.68. The topological polar surface area (TPSA) is 34.0 Å². The largest absolute Gasteiger partial charge is 0.336 e. The zero-order chi connectivity index (χ0) is 16.2. The lowest BCUT2D eigenvalue weighted by Crippen LogP contribution is -2.35. The van der Waals surface area contributed by atoms with Crippen LogP contribution in [-0.2, 0) is 13.0 Å². The highest BCUT2D eigenvalue weighted by atomic mass is 35.5. The van der Waals surface area contributed by atoms with Crippen LogP contribution in [0.1, 0.15) is 18.9 Å². The fourth-order valence-corrected chi connectivity index (χ4v) is 3.87. The molecule has 0 radical (unpaired) electrons. The van der Waals surface area contributed by atoms with Crippen molar-refractivity contribution in [2.24, 2.45) is 0 Å². The van der Waals surface area contributed by atoms with Crippen molar-refractivity contribution in [2.75, 3.05) is 13.6 Å². The third kappa shape index (κ3) is 4.10. The number of aryl methyl sites for hydroxylation is 1. The van der Waals surface area contributed by atoms with Crippen LogP contribution in [-0.4, -0.2) is 39.1 Å². The summed E-state index contributed by atoms with van der Waals surface area (Å²) in [7, 11) is 2.19. The summed E-state index contributed by atoms with van der Waals surface area (Å²) in [5.74, 6) is 0. The molecule has 2 aromatic heterocycles. The van der Waals surface area contributed by atoms with Gasteiger partial charge < -0.3 is 9.47 Å². The van der Waals surface area contributed by atoms with Gasteiger partial charge in [-0.2, -0.15) is 0 Å². The van der Waals surface area contributed by atoms with Crippen LogP contribution in [0.4, 0.5) is 0 Å². The van der Waals surface area contributed by atoms with Crippen molar-refractivity contribution in [1.29, 1.82) is 0 Å². The fourth-order valence-electron chi connectivity index (χ4n) is 2.78. The van der Waals surface area contributed by atoms with Gasteiger partial charge in [0.05, 0.1) is 16.5 Å². The predicted octanol–water partition coefficient (Wildman–Crippen LogP) is 4.10. The maximum absolute atomic E-state index is 5.99. The summed E-state index contributed by atoms with van der Waals surface area (Å²) in [6, 6.07) is 6.95.